The van der Waals surface area contributed by atoms with Crippen LogP contribution in [0.25, 0.3) is 0 Å². The van der Waals surface area contributed by atoms with E-state index in [1.54, 1.807) is 14.0 Å². The summed E-state index contributed by atoms with van der Waals surface area (Å²) in [6.07, 6.45) is -0.181. The number of benzene rings is 1. The molecule has 0 aliphatic rings. The van der Waals surface area contributed by atoms with Gasteiger partial charge in [0.2, 0.25) is 0 Å². The minimum atomic E-state index is -0.968. The number of carbonyl (C=O) groups is 2. The topological polar surface area (TPSA) is 88.5 Å². The molecule has 0 saturated carbocycles. The van der Waals surface area contributed by atoms with Crippen molar-refractivity contribution in [2.45, 2.75) is 32.9 Å². The van der Waals surface area contributed by atoms with E-state index >= 15 is 0 Å². The van der Waals surface area contributed by atoms with Gasteiger partial charge in [0.25, 0.3) is 5.91 Å². The minimum Gasteiger partial charge on any atom is -0.481 e. The molecule has 0 spiro atoms. The molecular weight excluding hydrogens is 328 g/mol. The quantitative estimate of drug-likeness (QED) is 0.803. The standard InChI is InChI=1S/C17H20N2O4S/c1-10-6-4-5-7-12(10)13(8-15(20)21)19-17(22)16-11(2)18-14(24-16)9-23-3/h4-7,13H,8-9H2,1-3H3,(H,19,22)(H,20,21). The van der Waals surface area contributed by atoms with Crippen LogP contribution < -0.4 is 5.32 Å². The third-order valence-corrected chi connectivity index (χ3v) is 4.69. The summed E-state index contributed by atoms with van der Waals surface area (Å²) < 4.78 is 5.03. The second-order valence-corrected chi connectivity index (χ2v) is 6.52. The number of nitrogens with zero attached hydrogens (tertiary/aromatic N) is 1. The van der Waals surface area contributed by atoms with Crippen LogP contribution in [0.3, 0.4) is 0 Å². The molecule has 1 unspecified atom stereocenters. The Hall–Kier alpha value is -2.25. The third-order valence-electron chi connectivity index (χ3n) is 3.56. The van der Waals surface area contributed by atoms with Crippen LogP contribution in [-0.4, -0.2) is 29.1 Å². The number of aliphatic carboxylic acids is 1. The molecule has 0 aliphatic carbocycles. The molecule has 24 heavy (non-hydrogen) atoms. The first-order valence-corrected chi connectivity index (χ1v) is 8.27. The molecule has 1 aromatic carbocycles. The van der Waals surface area contributed by atoms with Gasteiger partial charge in [-0.3, -0.25) is 9.59 Å². The van der Waals surface area contributed by atoms with Gasteiger partial charge in [-0.25, -0.2) is 4.98 Å². The first-order chi connectivity index (χ1) is 11.4. The van der Waals surface area contributed by atoms with E-state index in [1.165, 1.54) is 11.3 Å². The number of amides is 1. The van der Waals surface area contributed by atoms with Gasteiger partial charge < -0.3 is 15.2 Å². The summed E-state index contributed by atoms with van der Waals surface area (Å²) in [7, 11) is 1.57. The Morgan fingerprint density at radius 3 is 2.67 bits per heavy atom. The fraction of sp³-hybridized carbons (Fsp3) is 0.353. The van der Waals surface area contributed by atoms with Gasteiger partial charge in [-0.05, 0) is 25.0 Å². The predicted octanol–water partition coefficient (Wildman–Crippen LogP) is 2.85. The van der Waals surface area contributed by atoms with Crippen LogP contribution >= 0.6 is 11.3 Å². The molecule has 2 N–H and O–H groups in total. The number of hydrogen-bond acceptors (Lipinski definition) is 5. The summed E-state index contributed by atoms with van der Waals surface area (Å²) in [6.45, 7) is 3.99. The number of aromatic nitrogens is 1. The number of carbonyl (C=O) groups excluding carboxylic acids is 1. The van der Waals surface area contributed by atoms with Crippen LogP contribution in [0, 0.1) is 13.8 Å². The van der Waals surface area contributed by atoms with Crippen molar-refractivity contribution in [1.82, 2.24) is 10.3 Å². The lowest BCUT2D eigenvalue weighted by atomic mass is 9.98. The van der Waals surface area contributed by atoms with E-state index in [9.17, 15) is 14.7 Å². The maximum absolute atomic E-state index is 12.6. The first-order valence-electron chi connectivity index (χ1n) is 7.45. The van der Waals surface area contributed by atoms with Gasteiger partial charge in [-0.1, -0.05) is 24.3 Å². The van der Waals surface area contributed by atoms with E-state index in [1.807, 2.05) is 31.2 Å². The molecule has 2 aromatic rings. The Morgan fingerprint density at radius 2 is 2.04 bits per heavy atom. The fourth-order valence-electron chi connectivity index (χ4n) is 2.46. The number of nitrogens with one attached hydrogen (secondary N) is 1. The molecule has 1 heterocycles. The van der Waals surface area contributed by atoms with Crippen LogP contribution in [-0.2, 0) is 16.1 Å². The molecule has 6 nitrogen and oxygen atoms in total. The smallest absolute Gasteiger partial charge is 0.305 e. The summed E-state index contributed by atoms with van der Waals surface area (Å²) in [5.41, 5.74) is 2.35. The highest BCUT2D eigenvalue weighted by molar-refractivity contribution is 7.13. The maximum Gasteiger partial charge on any atom is 0.305 e. The SMILES string of the molecule is COCc1nc(C)c(C(=O)NC(CC(=O)O)c2ccccc2C)s1. The van der Waals surface area contributed by atoms with Gasteiger partial charge >= 0.3 is 5.97 Å². The number of aryl methyl sites for hydroxylation is 2. The van der Waals surface area contributed by atoms with E-state index in [2.05, 4.69) is 10.3 Å². The lowest BCUT2D eigenvalue weighted by Gasteiger charge is -2.19. The number of thiazole rings is 1. The Kier molecular flexibility index (Phi) is 6.05. The number of carboxylic acids is 1. The van der Waals surface area contributed by atoms with Crippen molar-refractivity contribution in [3.8, 4) is 0 Å². The van der Waals surface area contributed by atoms with E-state index in [4.69, 9.17) is 4.74 Å². The Morgan fingerprint density at radius 1 is 1.33 bits per heavy atom. The largest absolute Gasteiger partial charge is 0.481 e. The number of carboxylic acid groups (broad SMARTS) is 1. The highest BCUT2D eigenvalue weighted by Gasteiger charge is 2.23. The van der Waals surface area contributed by atoms with Crippen molar-refractivity contribution < 1.29 is 19.4 Å². The van der Waals surface area contributed by atoms with E-state index < -0.39 is 12.0 Å². The second kappa shape index (κ2) is 8.03. The Balaban J connectivity index is 2.24. The monoisotopic (exact) mass is 348 g/mol. The van der Waals surface area contributed by atoms with Crippen LogP contribution in [0.1, 0.15) is 44.0 Å². The van der Waals surface area contributed by atoms with Gasteiger partial charge in [0, 0.05) is 7.11 Å². The van der Waals surface area contributed by atoms with Crippen molar-refractivity contribution in [2.75, 3.05) is 7.11 Å². The van der Waals surface area contributed by atoms with Crippen molar-refractivity contribution in [3.63, 3.8) is 0 Å². The Labute approximate surface area is 144 Å². The molecule has 128 valence electrons. The third kappa shape index (κ3) is 4.39. The van der Waals surface area contributed by atoms with Gasteiger partial charge in [-0.15, -0.1) is 11.3 Å². The van der Waals surface area contributed by atoms with Gasteiger partial charge in [0.1, 0.15) is 9.88 Å². The summed E-state index contributed by atoms with van der Waals surface area (Å²) >= 11 is 1.26. The molecular formula is C17H20N2O4S. The lowest BCUT2D eigenvalue weighted by molar-refractivity contribution is -0.137. The molecule has 1 atom stereocenters. The minimum absolute atomic E-state index is 0.181. The van der Waals surface area contributed by atoms with Crippen molar-refractivity contribution in [1.29, 1.82) is 0 Å². The van der Waals surface area contributed by atoms with E-state index in [-0.39, 0.29) is 12.3 Å². The zero-order chi connectivity index (χ0) is 17.7. The van der Waals surface area contributed by atoms with Crippen molar-refractivity contribution >= 4 is 23.2 Å². The molecule has 0 radical (unpaired) electrons. The average Bonchev–Trinajstić information content (AvgIpc) is 2.88. The van der Waals surface area contributed by atoms with Gasteiger partial charge in [0.15, 0.2) is 0 Å². The predicted molar refractivity (Wildman–Crippen MR) is 91.2 cm³/mol. The molecule has 0 saturated heterocycles. The zero-order valence-electron chi connectivity index (χ0n) is 13.8. The summed E-state index contributed by atoms with van der Waals surface area (Å²) in [5, 5.41) is 12.7. The number of hydrogen-bond donors (Lipinski definition) is 2. The molecule has 1 aromatic heterocycles. The average molecular weight is 348 g/mol. The molecule has 7 heteroatoms. The highest BCUT2D eigenvalue weighted by atomic mass is 32.1. The molecule has 1 amide bonds. The number of rotatable bonds is 7. The fourth-order valence-corrected chi connectivity index (χ4v) is 3.40. The van der Waals surface area contributed by atoms with Crippen LogP contribution in [0.15, 0.2) is 24.3 Å². The number of ether oxygens (including phenoxy) is 1. The van der Waals surface area contributed by atoms with Crippen LogP contribution in [0.5, 0.6) is 0 Å². The molecule has 2 rings (SSSR count). The van der Waals surface area contributed by atoms with Gasteiger partial charge in [-0.2, -0.15) is 0 Å². The van der Waals surface area contributed by atoms with E-state index in [0.717, 1.165) is 11.1 Å². The van der Waals surface area contributed by atoms with Gasteiger partial charge in [0.05, 0.1) is 24.8 Å². The maximum atomic E-state index is 12.6. The first kappa shape index (κ1) is 18.1. The summed E-state index contributed by atoms with van der Waals surface area (Å²) in [4.78, 5) is 28.6. The molecule has 0 bridgehead atoms. The van der Waals surface area contributed by atoms with Crippen LogP contribution in [0.2, 0.25) is 0 Å². The number of methoxy groups -OCH3 is 1. The Bertz CT molecular complexity index is 742. The lowest BCUT2D eigenvalue weighted by Crippen LogP contribution is -2.30. The summed E-state index contributed by atoms with van der Waals surface area (Å²) in [5.74, 6) is -1.29. The summed E-state index contributed by atoms with van der Waals surface area (Å²) in [6, 6.07) is 6.84. The van der Waals surface area contributed by atoms with Crippen molar-refractivity contribution in [3.05, 3.63) is 51.0 Å². The van der Waals surface area contributed by atoms with Crippen molar-refractivity contribution in [2.24, 2.45) is 0 Å². The van der Waals surface area contributed by atoms with Crippen LogP contribution in [0.4, 0.5) is 0 Å². The zero-order valence-corrected chi connectivity index (χ0v) is 14.6. The van der Waals surface area contributed by atoms with E-state index in [0.29, 0.717) is 22.2 Å². The highest BCUT2D eigenvalue weighted by Crippen LogP contribution is 2.24. The second-order valence-electron chi connectivity index (χ2n) is 5.44. The normalized spacial score (nSPS) is 12.0. The molecule has 0 fully saturated rings. The molecule has 0 aliphatic heterocycles.